The quantitative estimate of drug-likeness (QED) is 0.659. The number of hydrogen-bond acceptors (Lipinski definition) is 2. The molecule has 0 heterocycles. The Hall–Kier alpha value is -0.770. The van der Waals surface area contributed by atoms with Gasteiger partial charge in [-0.3, -0.25) is 0 Å². The van der Waals surface area contributed by atoms with Crippen LogP contribution in [0, 0.1) is 0 Å². The number of halogens is 1. The number of hydrogen-bond donors (Lipinski definition) is 2. The highest BCUT2D eigenvalue weighted by atomic mass is 35.5. The Labute approximate surface area is 108 Å². The molecule has 1 aromatic rings. The van der Waals surface area contributed by atoms with E-state index >= 15 is 0 Å². The van der Waals surface area contributed by atoms with E-state index in [4.69, 9.17) is 21.4 Å². The second-order valence-electron chi connectivity index (χ2n) is 3.96. The van der Waals surface area contributed by atoms with Crippen molar-refractivity contribution in [1.82, 2.24) is 0 Å². The van der Waals surface area contributed by atoms with E-state index in [9.17, 15) is 0 Å². The van der Waals surface area contributed by atoms with Crippen molar-refractivity contribution in [2.75, 3.05) is 26.3 Å². The highest BCUT2D eigenvalue weighted by molar-refractivity contribution is 6.30. The molecule has 0 saturated carbocycles. The molecule has 3 nitrogen and oxygen atoms in total. The first-order chi connectivity index (χ1) is 8.33. The number of nitrogens with two attached hydrogens (primary N) is 1. The lowest BCUT2D eigenvalue weighted by atomic mass is 10.2. The Morgan fingerprint density at radius 3 is 2.82 bits per heavy atom. The Bertz CT molecular complexity index is 307. The maximum Gasteiger partial charge on any atom is 0.120 e. The molecule has 0 aliphatic heterocycles. The summed E-state index contributed by atoms with van der Waals surface area (Å²) in [4.78, 5) is 0. The van der Waals surface area contributed by atoms with Crippen molar-refractivity contribution in [3.05, 3.63) is 29.3 Å². The smallest absolute Gasteiger partial charge is 0.120 e. The summed E-state index contributed by atoms with van der Waals surface area (Å²) in [6.45, 7) is 2.88. The molecule has 0 atom stereocenters. The Morgan fingerprint density at radius 2 is 2.06 bits per heavy atom. The molecule has 0 fully saturated rings. The van der Waals surface area contributed by atoms with Crippen LogP contribution in [0.3, 0.4) is 0 Å². The minimum atomic E-state index is 0.262. The zero-order valence-electron chi connectivity index (χ0n) is 10.1. The van der Waals surface area contributed by atoms with E-state index in [1.165, 1.54) is 6.42 Å². The third-order valence-electron chi connectivity index (χ3n) is 2.45. The monoisotopic (exact) mass is 258 g/mol. The van der Waals surface area contributed by atoms with E-state index in [1.807, 2.05) is 24.3 Å². The van der Waals surface area contributed by atoms with Crippen molar-refractivity contribution in [3.63, 3.8) is 0 Å². The highest BCUT2D eigenvalue weighted by Crippen LogP contribution is 2.17. The fourth-order valence-electron chi connectivity index (χ4n) is 1.55. The first-order valence-electron chi connectivity index (χ1n) is 6.14. The molecule has 0 spiro atoms. The van der Waals surface area contributed by atoms with Crippen LogP contribution in [0.4, 0.5) is 0 Å². The van der Waals surface area contributed by atoms with E-state index in [-0.39, 0.29) is 6.61 Å². The van der Waals surface area contributed by atoms with Gasteiger partial charge in [0.2, 0.25) is 0 Å². The van der Waals surface area contributed by atoms with E-state index in [0.29, 0.717) is 5.02 Å². The van der Waals surface area contributed by atoms with Gasteiger partial charge in [-0.2, -0.15) is 0 Å². The number of unbranched alkanes of at least 4 members (excludes halogenated alkanes) is 2. The number of benzene rings is 1. The van der Waals surface area contributed by atoms with Gasteiger partial charge in [0.1, 0.15) is 5.75 Å². The molecule has 96 valence electrons. The van der Waals surface area contributed by atoms with Crippen LogP contribution < -0.4 is 10.1 Å². The van der Waals surface area contributed by atoms with Gasteiger partial charge in [-0.25, -0.2) is 0 Å². The van der Waals surface area contributed by atoms with Gasteiger partial charge in [-0.05, 0) is 37.5 Å². The molecular weight excluding hydrogens is 238 g/mol. The molecule has 0 unspecified atom stereocenters. The number of ether oxygens (including phenoxy) is 1. The van der Waals surface area contributed by atoms with Gasteiger partial charge < -0.3 is 15.2 Å². The van der Waals surface area contributed by atoms with Crippen LogP contribution in [0.1, 0.15) is 19.3 Å². The zero-order valence-corrected chi connectivity index (χ0v) is 10.8. The van der Waals surface area contributed by atoms with E-state index in [2.05, 4.69) is 5.32 Å². The normalized spacial score (nSPS) is 10.5. The van der Waals surface area contributed by atoms with Crippen molar-refractivity contribution in [1.29, 1.82) is 0 Å². The molecule has 0 aromatic heterocycles. The minimum absolute atomic E-state index is 0.262. The fourth-order valence-corrected chi connectivity index (χ4v) is 1.73. The molecule has 0 amide bonds. The second-order valence-corrected chi connectivity index (χ2v) is 4.39. The maximum absolute atomic E-state index is 8.59. The molecule has 17 heavy (non-hydrogen) atoms. The predicted octanol–water partition coefficient (Wildman–Crippen LogP) is 1.44. The van der Waals surface area contributed by atoms with Crippen LogP contribution in [0.25, 0.3) is 0 Å². The standard InChI is InChI=1S/C13H20ClNO2/c14-12-5-4-6-13(11-12)17-10-3-1-2-7-15-8-9-16/h4-6,11,15-16H,1-3,7-10H2/p+1. The van der Waals surface area contributed by atoms with Gasteiger partial charge in [0, 0.05) is 5.02 Å². The summed E-state index contributed by atoms with van der Waals surface area (Å²) in [6, 6.07) is 7.48. The first-order valence-corrected chi connectivity index (χ1v) is 6.51. The summed E-state index contributed by atoms with van der Waals surface area (Å²) < 4.78 is 5.58. The molecule has 0 aliphatic rings. The van der Waals surface area contributed by atoms with Crippen LogP contribution in [-0.4, -0.2) is 31.4 Å². The Morgan fingerprint density at radius 1 is 1.18 bits per heavy atom. The van der Waals surface area contributed by atoms with Crippen LogP contribution >= 0.6 is 11.6 Å². The van der Waals surface area contributed by atoms with Gasteiger partial charge in [-0.1, -0.05) is 17.7 Å². The van der Waals surface area contributed by atoms with Gasteiger partial charge in [0.05, 0.1) is 26.3 Å². The summed E-state index contributed by atoms with van der Waals surface area (Å²) in [6.07, 6.45) is 3.38. The van der Waals surface area contributed by atoms with Gasteiger partial charge in [0.25, 0.3) is 0 Å². The lowest BCUT2D eigenvalue weighted by Gasteiger charge is -2.06. The van der Waals surface area contributed by atoms with Crippen molar-refractivity contribution in [3.8, 4) is 5.75 Å². The zero-order chi connectivity index (χ0) is 12.3. The Kier molecular flexibility index (Phi) is 7.80. The predicted molar refractivity (Wildman–Crippen MR) is 69.5 cm³/mol. The topological polar surface area (TPSA) is 46.1 Å². The van der Waals surface area contributed by atoms with Gasteiger partial charge in [0.15, 0.2) is 0 Å². The van der Waals surface area contributed by atoms with Crippen molar-refractivity contribution in [2.24, 2.45) is 0 Å². The number of aliphatic hydroxyl groups is 1. The van der Waals surface area contributed by atoms with Crippen LogP contribution in [0.15, 0.2) is 24.3 Å². The molecule has 0 saturated heterocycles. The number of quaternary nitrogens is 1. The van der Waals surface area contributed by atoms with Gasteiger partial charge in [-0.15, -0.1) is 0 Å². The molecule has 1 rings (SSSR count). The molecule has 1 aromatic carbocycles. The number of rotatable bonds is 9. The molecule has 3 N–H and O–H groups in total. The number of aliphatic hydroxyl groups excluding tert-OH is 1. The third-order valence-corrected chi connectivity index (χ3v) is 2.69. The average molecular weight is 259 g/mol. The van der Waals surface area contributed by atoms with Gasteiger partial charge >= 0.3 is 0 Å². The summed E-state index contributed by atoms with van der Waals surface area (Å²) in [5.41, 5.74) is 0. The van der Waals surface area contributed by atoms with Crippen LogP contribution in [0.5, 0.6) is 5.75 Å². The summed E-state index contributed by atoms with van der Waals surface area (Å²) >= 11 is 5.85. The summed E-state index contributed by atoms with van der Waals surface area (Å²) in [5, 5.41) is 11.4. The maximum atomic E-state index is 8.59. The second kappa shape index (κ2) is 9.28. The van der Waals surface area contributed by atoms with Crippen molar-refractivity contribution < 1.29 is 15.2 Å². The average Bonchev–Trinajstić information content (AvgIpc) is 2.33. The van der Waals surface area contributed by atoms with Crippen molar-refractivity contribution >= 4 is 11.6 Å². The summed E-state index contributed by atoms with van der Waals surface area (Å²) in [7, 11) is 0. The highest BCUT2D eigenvalue weighted by Gasteiger charge is 1.96. The molecule has 0 bridgehead atoms. The first kappa shape index (κ1) is 14.3. The molecule has 0 aliphatic carbocycles. The minimum Gasteiger partial charge on any atom is -0.494 e. The fraction of sp³-hybridized carbons (Fsp3) is 0.538. The molecular formula is C13H21ClNO2+. The van der Waals surface area contributed by atoms with E-state index in [0.717, 1.165) is 38.3 Å². The van der Waals surface area contributed by atoms with E-state index in [1.54, 1.807) is 0 Å². The van der Waals surface area contributed by atoms with Crippen LogP contribution in [0.2, 0.25) is 5.02 Å². The largest absolute Gasteiger partial charge is 0.494 e. The SMILES string of the molecule is OCC[NH2+]CCCCCOc1cccc(Cl)c1. The van der Waals surface area contributed by atoms with E-state index < -0.39 is 0 Å². The lowest BCUT2D eigenvalue weighted by molar-refractivity contribution is -0.656. The summed E-state index contributed by atoms with van der Waals surface area (Å²) in [5.74, 6) is 0.837. The molecule has 0 radical (unpaired) electrons. The van der Waals surface area contributed by atoms with Crippen molar-refractivity contribution in [2.45, 2.75) is 19.3 Å². The Balaban J connectivity index is 1.97. The molecule has 4 heteroatoms. The van der Waals surface area contributed by atoms with Crippen LogP contribution in [-0.2, 0) is 0 Å². The lowest BCUT2D eigenvalue weighted by Crippen LogP contribution is -2.85. The third kappa shape index (κ3) is 7.21.